The summed E-state index contributed by atoms with van der Waals surface area (Å²) in [6.07, 6.45) is -8.81. The second kappa shape index (κ2) is 6.70. The molecule has 0 atom stereocenters. The molecule has 2 aromatic rings. The van der Waals surface area contributed by atoms with E-state index in [-0.39, 0.29) is 11.2 Å². The number of amides is 2. The highest BCUT2D eigenvalue weighted by Gasteiger charge is 2.37. The number of halogens is 6. The molecule has 1 heterocycles. The Balaban J connectivity index is 2.25. The number of thiazole rings is 1. The molecule has 0 spiro atoms. The number of alkyl halides is 6. The van der Waals surface area contributed by atoms with Crippen LogP contribution in [-0.2, 0) is 21.9 Å². The zero-order chi connectivity index (χ0) is 18.8. The minimum absolute atomic E-state index is 0.0418. The van der Waals surface area contributed by atoms with Gasteiger partial charge in [0, 0.05) is 17.3 Å². The van der Waals surface area contributed by atoms with Gasteiger partial charge >= 0.3 is 24.2 Å². The highest BCUT2D eigenvalue weighted by atomic mass is 32.1. The molecule has 0 aliphatic heterocycles. The third kappa shape index (κ3) is 4.92. The Hall–Kier alpha value is -2.63. The van der Waals surface area contributed by atoms with Crippen LogP contribution in [0.15, 0.2) is 29.8 Å². The SMILES string of the molecule is O=C(Nc1cc(C(F)(F)F)cc(C(F)(F)F)c1)C(=O)Nc1nccs1. The van der Waals surface area contributed by atoms with Crippen LogP contribution < -0.4 is 10.6 Å². The number of nitrogens with one attached hydrogen (secondary N) is 2. The van der Waals surface area contributed by atoms with Crippen molar-refractivity contribution in [3.63, 3.8) is 0 Å². The molecule has 1 aromatic heterocycles. The Morgan fingerprint density at radius 2 is 1.40 bits per heavy atom. The quantitative estimate of drug-likeness (QED) is 0.613. The van der Waals surface area contributed by atoms with E-state index in [9.17, 15) is 35.9 Å². The molecule has 0 fully saturated rings. The smallest absolute Gasteiger partial charge is 0.318 e. The second-order valence-corrected chi connectivity index (χ2v) is 5.43. The molecule has 25 heavy (non-hydrogen) atoms. The molecule has 134 valence electrons. The first-order valence-corrected chi connectivity index (χ1v) is 7.16. The fraction of sp³-hybridized carbons (Fsp3) is 0.154. The number of hydrogen-bond acceptors (Lipinski definition) is 4. The van der Waals surface area contributed by atoms with Gasteiger partial charge in [-0.25, -0.2) is 4.98 Å². The Labute approximate surface area is 139 Å². The van der Waals surface area contributed by atoms with Crippen LogP contribution in [0.25, 0.3) is 0 Å². The lowest BCUT2D eigenvalue weighted by molar-refractivity contribution is -0.143. The van der Waals surface area contributed by atoms with Crippen LogP contribution in [0.1, 0.15) is 11.1 Å². The maximum atomic E-state index is 12.7. The first-order valence-electron chi connectivity index (χ1n) is 6.28. The predicted molar refractivity (Wildman–Crippen MR) is 75.8 cm³/mol. The van der Waals surface area contributed by atoms with Crippen molar-refractivity contribution in [1.29, 1.82) is 0 Å². The van der Waals surface area contributed by atoms with E-state index in [1.54, 1.807) is 5.32 Å². The number of hydrogen-bond donors (Lipinski definition) is 2. The molecule has 0 bridgehead atoms. The largest absolute Gasteiger partial charge is 0.416 e. The van der Waals surface area contributed by atoms with Crippen molar-refractivity contribution in [2.24, 2.45) is 0 Å². The summed E-state index contributed by atoms with van der Waals surface area (Å²) in [5.41, 5.74) is -4.04. The first kappa shape index (κ1) is 18.7. The first-order chi connectivity index (χ1) is 11.5. The minimum Gasteiger partial charge on any atom is -0.318 e. The van der Waals surface area contributed by atoms with Gasteiger partial charge in [-0.1, -0.05) is 0 Å². The Bertz CT molecular complexity index is 754. The van der Waals surface area contributed by atoms with Crippen LogP contribution in [0.4, 0.5) is 37.2 Å². The highest BCUT2D eigenvalue weighted by molar-refractivity contribution is 7.13. The molecule has 0 saturated carbocycles. The number of carbonyl (C=O) groups excluding carboxylic acids is 2. The fourth-order valence-corrected chi connectivity index (χ4v) is 2.18. The average molecular weight is 383 g/mol. The number of benzene rings is 1. The molecule has 12 heteroatoms. The lowest BCUT2D eigenvalue weighted by atomic mass is 10.1. The molecule has 0 radical (unpaired) electrons. The van der Waals surface area contributed by atoms with Crippen molar-refractivity contribution >= 4 is 34.0 Å². The van der Waals surface area contributed by atoms with Crippen LogP contribution >= 0.6 is 11.3 Å². The Kier molecular flexibility index (Phi) is 5.02. The Morgan fingerprint density at radius 1 is 0.880 bits per heavy atom. The molecule has 5 nitrogen and oxygen atoms in total. The van der Waals surface area contributed by atoms with Crippen molar-refractivity contribution in [1.82, 2.24) is 4.98 Å². The van der Waals surface area contributed by atoms with E-state index >= 15 is 0 Å². The zero-order valence-corrected chi connectivity index (χ0v) is 12.6. The van der Waals surface area contributed by atoms with E-state index < -0.39 is 41.0 Å². The van der Waals surface area contributed by atoms with Gasteiger partial charge in [0.25, 0.3) is 0 Å². The Morgan fingerprint density at radius 3 is 1.84 bits per heavy atom. The molecule has 0 unspecified atom stereocenters. The lowest BCUT2D eigenvalue weighted by Crippen LogP contribution is -2.29. The van der Waals surface area contributed by atoms with E-state index in [0.29, 0.717) is 12.1 Å². The molecular formula is C13H7F6N3O2S. The number of anilines is 2. The summed E-state index contributed by atoms with van der Waals surface area (Å²) < 4.78 is 76.3. The van der Waals surface area contributed by atoms with Gasteiger partial charge < -0.3 is 5.32 Å². The number of nitrogens with zero attached hydrogens (tertiary/aromatic N) is 1. The van der Waals surface area contributed by atoms with Crippen molar-refractivity contribution in [3.8, 4) is 0 Å². The minimum atomic E-state index is -5.07. The molecule has 2 N–H and O–H groups in total. The van der Waals surface area contributed by atoms with Gasteiger partial charge in [0.1, 0.15) is 0 Å². The maximum absolute atomic E-state index is 12.7. The summed E-state index contributed by atoms with van der Waals surface area (Å²) in [6, 6.07) is 0.499. The van der Waals surface area contributed by atoms with Gasteiger partial charge in [0.2, 0.25) is 0 Å². The summed E-state index contributed by atoms with van der Waals surface area (Å²) >= 11 is 0.966. The van der Waals surface area contributed by atoms with E-state index in [1.165, 1.54) is 11.6 Å². The van der Waals surface area contributed by atoms with Crippen molar-refractivity contribution in [3.05, 3.63) is 40.9 Å². The van der Waals surface area contributed by atoms with Gasteiger partial charge in [-0.05, 0) is 18.2 Å². The van der Waals surface area contributed by atoms with E-state index in [2.05, 4.69) is 4.98 Å². The van der Waals surface area contributed by atoms with Crippen LogP contribution in [-0.4, -0.2) is 16.8 Å². The van der Waals surface area contributed by atoms with E-state index in [1.807, 2.05) is 5.32 Å². The van der Waals surface area contributed by atoms with E-state index in [4.69, 9.17) is 0 Å². The molecule has 0 aliphatic rings. The van der Waals surface area contributed by atoms with E-state index in [0.717, 1.165) is 11.3 Å². The average Bonchev–Trinajstić information content (AvgIpc) is 2.98. The maximum Gasteiger partial charge on any atom is 0.416 e. The van der Waals surface area contributed by atoms with Gasteiger partial charge in [-0.15, -0.1) is 11.3 Å². The summed E-state index contributed by atoms with van der Waals surface area (Å²) in [5, 5.41) is 5.27. The third-order valence-corrected chi connectivity index (χ3v) is 3.39. The third-order valence-electron chi connectivity index (χ3n) is 2.70. The zero-order valence-electron chi connectivity index (χ0n) is 11.8. The van der Waals surface area contributed by atoms with Gasteiger partial charge in [-0.3, -0.25) is 14.9 Å². The van der Waals surface area contributed by atoms with Gasteiger partial charge in [0.15, 0.2) is 5.13 Å². The highest BCUT2D eigenvalue weighted by Crippen LogP contribution is 2.37. The van der Waals surface area contributed by atoms with Crippen LogP contribution in [0.5, 0.6) is 0 Å². The van der Waals surface area contributed by atoms with Gasteiger partial charge in [0.05, 0.1) is 11.1 Å². The summed E-state index contributed by atoms with van der Waals surface area (Å²) in [5.74, 6) is -2.73. The molecule has 0 aliphatic carbocycles. The molecule has 0 saturated heterocycles. The number of rotatable bonds is 2. The number of carbonyl (C=O) groups is 2. The normalized spacial score (nSPS) is 11.9. The van der Waals surface area contributed by atoms with Crippen molar-refractivity contribution < 1.29 is 35.9 Å². The number of aromatic nitrogens is 1. The van der Waals surface area contributed by atoms with Crippen molar-refractivity contribution in [2.75, 3.05) is 10.6 Å². The summed E-state index contributed by atoms with van der Waals surface area (Å²) in [7, 11) is 0. The predicted octanol–water partition coefficient (Wildman–Crippen LogP) is 3.76. The molecule has 1 aromatic carbocycles. The van der Waals surface area contributed by atoms with Crippen LogP contribution in [0, 0.1) is 0 Å². The summed E-state index contributed by atoms with van der Waals surface area (Å²) in [4.78, 5) is 26.9. The standard InChI is InChI=1S/C13H7F6N3O2S/c14-12(15,16)6-3-7(13(17,18)19)5-8(4-6)21-9(23)10(24)22-11-20-1-2-25-11/h1-5H,(H,21,23)(H,20,22,24). The topological polar surface area (TPSA) is 71.1 Å². The van der Waals surface area contributed by atoms with Gasteiger partial charge in [-0.2, -0.15) is 26.3 Å². The monoisotopic (exact) mass is 383 g/mol. The lowest BCUT2D eigenvalue weighted by Gasteiger charge is -2.14. The fourth-order valence-electron chi connectivity index (χ4n) is 1.65. The summed E-state index contributed by atoms with van der Waals surface area (Å²) in [6.45, 7) is 0. The second-order valence-electron chi connectivity index (χ2n) is 4.54. The molecular weight excluding hydrogens is 376 g/mol. The van der Waals surface area contributed by atoms with Crippen LogP contribution in [0.3, 0.4) is 0 Å². The van der Waals surface area contributed by atoms with Crippen LogP contribution in [0.2, 0.25) is 0 Å². The molecule has 2 rings (SSSR count). The molecule has 2 amide bonds. The van der Waals surface area contributed by atoms with Crippen molar-refractivity contribution in [2.45, 2.75) is 12.4 Å².